The number of methoxy groups -OCH3 is 3. The van der Waals surface area contributed by atoms with E-state index in [1.165, 1.54) is 0 Å². The van der Waals surface area contributed by atoms with Crippen molar-refractivity contribution < 1.29 is 33.3 Å². The van der Waals surface area contributed by atoms with Crippen LogP contribution in [0.1, 0.15) is 13.3 Å². The van der Waals surface area contributed by atoms with Crippen LogP contribution in [0.25, 0.3) is 0 Å². The molecule has 0 aliphatic heterocycles. The molecule has 0 saturated heterocycles. The number of alkyl carbamates (subject to hydrolysis) is 2. The largest absolute Gasteiger partial charge is 0.497 e. The first-order chi connectivity index (χ1) is 15.4. The lowest BCUT2D eigenvalue weighted by Crippen LogP contribution is -2.43. The van der Waals surface area contributed by atoms with E-state index in [0.29, 0.717) is 17.2 Å². The fourth-order valence-electron chi connectivity index (χ4n) is 2.32. The van der Waals surface area contributed by atoms with E-state index in [2.05, 4.69) is 30.4 Å². The quantitative estimate of drug-likeness (QED) is 0.458. The van der Waals surface area contributed by atoms with E-state index < -0.39 is 12.2 Å². The van der Waals surface area contributed by atoms with Crippen LogP contribution in [-0.2, 0) is 14.3 Å². The normalized spacial score (nSPS) is 9.75. The molecule has 2 rings (SSSR count). The van der Waals surface area contributed by atoms with E-state index >= 15 is 0 Å². The second-order valence-electron chi connectivity index (χ2n) is 6.06. The Bertz CT molecular complexity index is 987. The first-order valence-electron chi connectivity index (χ1n) is 9.43. The molecule has 2 aromatic rings. The molecule has 0 aliphatic carbocycles. The number of guanidine groups is 1. The summed E-state index contributed by atoms with van der Waals surface area (Å²) in [6, 6.07) is 11.7. The number of carbonyl (C=O) groups is 3. The highest BCUT2D eigenvalue weighted by Crippen LogP contribution is 2.33. The topological polar surface area (TPSA) is 137 Å². The number of anilines is 1. The van der Waals surface area contributed by atoms with Gasteiger partial charge in [-0.25, -0.2) is 14.6 Å². The first kappa shape index (κ1) is 24.0. The van der Waals surface area contributed by atoms with Gasteiger partial charge in [0, 0.05) is 18.6 Å². The van der Waals surface area contributed by atoms with Crippen molar-refractivity contribution in [2.45, 2.75) is 13.3 Å². The lowest BCUT2D eigenvalue weighted by molar-refractivity contribution is -0.115. The summed E-state index contributed by atoms with van der Waals surface area (Å²) in [4.78, 5) is 39.4. The van der Waals surface area contributed by atoms with Gasteiger partial charge in [-0.05, 0) is 24.3 Å². The van der Waals surface area contributed by atoms with Gasteiger partial charge in [-0.15, -0.1) is 0 Å². The Morgan fingerprint density at radius 3 is 2.09 bits per heavy atom. The van der Waals surface area contributed by atoms with Crippen molar-refractivity contribution in [2.75, 3.05) is 26.6 Å². The molecule has 0 spiro atoms. The number of benzene rings is 2. The molecule has 170 valence electrons. The molecule has 0 aliphatic rings. The van der Waals surface area contributed by atoms with Gasteiger partial charge < -0.3 is 24.3 Å². The molecule has 0 fully saturated rings. The molecule has 32 heavy (non-hydrogen) atoms. The zero-order chi connectivity index (χ0) is 23.5. The number of nitrogens with one attached hydrogen (secondary N) is 3. The maximum Gasteiger partial charge on any atom is 0.413 e. The summed E-state index contributed by atoms with van der Waals surface area (Å²) in [5, 5.41) is 7.23. The lowest BCUT2D eigenvalue weighted by atomic mass is 10.2. The second kappa shape index (κ2) is 11.8. The Hall–Kier alpha value is -4.28. The fourth-order valence-corrected chi connectivity index (χ4v) is 2.32. The van der Waals surface area contributed by atoms with Gasteiger partial charge >= 0.3 is 12.2 Å². The predicted octanol–water partition coefficient (Wildman–Crippen LogP) is 3.54. The van der Waals surface area contributed by atoms with Gasteiger partial charge in [-0.2, -0.15) is 0 Å². The summed E-state index contributed by atoms with van der Waals surface area (Å²) in [6.07, 6.45) is -1.51. The zero-order valence-corrected chi connectivity index (χ0v) is 18.1. The van der Waals surface area contributed by atoms with Crippen LogP contribution in [0.3, 0.4) is 0 Å². The van der Waals surface area contributed by atoms with Gasteiger partial charge in [0.25, 0.3) is 0 Å². The number of rotatable bonds is 6. The van der Waals surface area contributed by atoms with Crippen molar-refractivity contribution in [2.24, 2.45) is 4.99 Å². The third-order valence-electron chi connectivity index (χ3n) is 3.88. The average molecular weight is 444 g/mol. The highest BCUT2D eigenvalue weighted by Gasteiger charge is 2.14. The van der Waals surface area contributed by atoms with Crippen LogP contribution in [0.4, 0.5) is 21.0 Å². The van der Waals surface area contributed by atoms with Crippen molar-refractivity contribution in [1.29, 1.82) is 0 Å². The van der Waals surface area contributed by atoms with E-state index in [-0.39, 0.29) is 29.7 Å². The minimum atomic E-state index is -0.864. The summed E-state index contributed by atoms with van der Waals surface area (Å²) in [7, 11) is 3.86. The van der Waals surface area contributed by atoms with Crippen LogP contribution in [-0.4, -0.2) is 45.4 Å². The Morgan fingerprint density at radius 2 is 1.50 bits per heavy atom. The monoisotopic (exact) mass is 444 g/mol. The predicted molar refractivity (Wildman–Crippen MR) is 117 cm³/mol. The Morgan fingerprint density at radius 1 is 0.875 bits per heavy atom. The van der Waals surface area contributed by atoms with Crippen LogP contribution < -0.4 is 25.4 Å². The van der Waals surface area contributed by atoms with Crippen LogP contribution in [0.15, 0.2) is 47.5 Å². The molecule has 3 N–H and O–H groups in total. The summed E-state index contributed by atoms with van der Waals surface area (Å²) in [5.74, 6) is 1.01. The molecule has 0 aromatic heterocycles. The molecule has 0 saturated carbocycles. The van der Waals surface area contributed by atoms with Crippen LogP contribution in [0.5, 0.6) is 17.2 Å². The zero-order valence-electron chi connectivity index (χ0n) is 18.1. The Labute approximate surface area is 184 Å². The molecule has 2 aromatic carbocycles. The summed E-state index contributed by atoms with van der Waals surface area (Å²) in [5.41, 5.74) is 0.515. The number of nitrogens with zero attached hydrogens (tertiary/aromatic N) is 1. The lowest BCUT2D eigenvalue weighted by Gasteiger charge is -2.13. The Balaban J connectivity index is 2.42. The second-order valence-corrected chi connectivity index (χ2v) is 6.06. The van der Waals surface area contributed by atoms with E-state index in [0.717, 1.165) is 14.2 Å². The van der Waals surface area contributed by atoms with Gasteiger partial charge in [0.1, 0.15) is 17.2 Å². The van der Waals surface area contributed by atoms with E-state index in [9.17, 15) is 14.4 Å². The number of amides is 3. The molecule has 3 amide bonds. The number of aliphatic imine (C=N–C) groups is 1. The molecular formula is C21H24N4O7. The van der Waals surface area contributed by atoms with Gasteiger partial charge in [-0.1, -0.05) is 13.0 Å². The van der Waals surface area contributed by atoms with E-state index in [1.807, 2.05) is 0 Å². The SMILES string of the molecule is CCC(=O)Nc1cc(Oc2cccc(OC)c2)ccc1N=C(NC(=O)OC)NC(=O)OC. The molecular weight excluding hydrogens is 420 g/mol. The Kier molecular flexibility index (Phi) is 8.84. The molecule has 11 nitrogen and oxygen atoms in total. The van der Waals surface area contributed by atoms with Crippen molar-refractivity contribution in [3.05, 3.63) is 42.5 Å². The third-order valence-corrected chi connectivity index (χ3v) is 3.88. The van der Waals surface area contributed by atoms with Gasteiger partial charge in [-0.3, -0.25) is 15.4 Å². The molecule has 0 atom stereocenters. The smallest absolute Gasteiger partial charge is 0.413 e. The highest BCUT2D eigenvalue weighted by molar-refractivity contribution is 6.03. The van der Waals surface area contributed by atoms with Gasteiger partial charge in [0.2, 0.25) is 11.9 Å². The number of ether oxygens (including phenoxy) is 4. The van der Waals surface area contributed by atoms with Crippen LogP contribution >= 0.6 is 0 Å². The fraction of sp³-hybridized carbons (Fsp3) is 0.238. The summed E-state index contributed by atoms with van der Waals surface area (Å²) in [6.45, 7) is 1.69. The molecule has 0 heterocycles. The van der Waals surface area contributed by atoms with Crippen molar-refractivity contribution >= 4 is 35.4 Å². The van der Waals surface area contributed by atoms with Crippen LogP contribution in [0.2, 0.25) is 0 Å². The molecule has 11 heteroatoms. The molecule has 0 bridgehead atoms. The highest BCUT2D eigenvalue weighted by atomic mass is 16.5. The number of hydrogen-bond acceptors (Lipinski definition) is 8. The van der Waals surface area contributed by atoms with Gasteiger partial charge in [0.15, 0.2) is 0 Å². The van der Waals surface area contributed by atoms with Crippen molar-refractivity contribution in [3.8, 4) is 17.2 Å². The third kappa shape index (κ3) is 7.20. The minimum Gasteiger partial charge on any atom is -0.497 e. The maximum absolute atomic E-state index is 12.0. The minimum absolute atomic E-state index is 0.220. The van der Waals surface area contributed by atoms with Gasteiger partial charge in [0.05, 0.1) is 32.7 Å². The standard InChI is InChI=1S/C21H24N4O7/c1-5-18(26)22-17-12-15(32-14-8-6-7-13(11-14)29-2)9-10-16(17)23-19(24-20(27)30-3)25-21(28)31-4/h6-12H,5H2,1-4H3,(H,22,26)(H2,23,24,25,27,28). The summed E-state index contributed by atoms with van der Waals surface area (Å²) < 4.78 is 20.1. The van der Waals surface area contributed by atoms with Crippen molar-refractivity contribution in [1.82, 2.24) is 10.6 Å². The van der Waals surface area contributed by atoms with Crippen molar-refractivity contribution in [3.63, 3.8) is 0 Å². The van der Waals surface area contributed by atoms with Crippen LogP contribution in [0, 0.1) is 0 Å². The van der Waals surface area contributed by atoms with E-state index in [1.54, 1.807) is 56.5 Å². The number of carbonyl (C=O) groups excluding carboxylic acids is 3. The first-order valence-corrected chi connectivity index (χ1v) is 9.43. The number of hydrogen-bond donors (Lipinski definition) is 3. The molecule has 0 radical (unpaired) electrons. The average Bonchev–Trinajstić information content (AvgIpc) is 2.80. The maximum atomic E-state index is 12.0. The molecule has 0 unspecified atom stereocenters. The van der Waals surface area contributed by atoms with E-state index in [4.69, 9.17) is 9.47 Å². The summed E-state index contributed by atoms with van der Waals surface area (Å²) >= 11 is 0.